The molecule has 0 fully saturated rings. The number of hydrogen-bond acceptors (Lipinski definition) is 2. The van der Waals surface area contributed by atoms with E-state index in [4.69, 9.17) is 4.74 Å². The van der Waals surface area contributed by atoms with E-state index in [-0.39, 0.29) is 5.41 Å². The van der Waals surface area contributed by atoms with Gasteiger partial charge in [0.25, 0.3) is 0 Å². The van der Waals surface area contributed by atoms with Crippen LogP contribution in [-0.2, 0) is 5.41 Å². The first-order chi connectivity index (χ1) is 8.84. The fourth-order valence-electron chi connectivity index (χ4n) is 2.90. The summed E-state index contributed by atoms with van der Waals surface area (Å²) >= 11 is 0. The minimum atomic E-state index is 0.118. The Kier molecular flexibility index (Phi) is 3.91. The van der Waals surface area contributed by atoms with Gasteiger partial charge in [-0.3, -0.25) is 0 Å². The molecule has 1 N–H and O–H groups in total. The number of nitrogens with one attached hydrogen (secondary N) is 1. The van der Waals surface area contributed by atoms with Gasteiger partial charge in [-0.25, -0.2) is 0 Å². The van der Waals surface area contributed by atoms with Crippen LogP contribution in [-0.4, -0.2) is 13.2 Å². The Bertz CT molecular complexity index is 459. The van der Waals surface area contributed by atoms with Crippen LogP contribution in [0.15, 0.2) is 12.1 Å². The smallest absolute Gasteiger partial charge is 0.127 e. The van der Waals surface area contributed by atoms with E-state index in [0.717, 1.165) is 18.9 Å². The molecule has 0 amide bonds. The van der Waals surface area contributed by atoms with Crippen LogP contribution in [0.3, 0.4) is 0 Å². The Morgan fingerprint density at radius 2 is 2.00 bits per heavy atom. The second-order valence-electron chi connectivity index (χ2n) is 6.80. The van der Waals surface area contributed by atoms with Crippen LogP contribution in [0.2, 0.25) is 0 Å². The van der Waals surface area contributed by atoms with Gasteiger partial charge in [0.1, 0.15) is 5.75 Å². The van der Waals surface area contributed by atoms with E-state index in [9.17, 15) is 0 Å². The molecule has 106 valence electrons. The number of benzene rings is 1. The first kappa shape index (κ1) is 14.4. The summed E-state index contributed by atoms with van der Waals surface area (Å²) in [5.74, 6) is 1.63. The summed E-state index contributed by atoms with van der Waals surface area (Å²) in [4.78, 5) is 0. The van der Waals surface area contributed by atoms with Crippen molar-refractivity contribution in [3.8, 4) is 5.75 Å². The standard InChI is InChI=1S/C17H27NO/c1-7-18-15-12(3)10-19-16-13(15)8-11(2)9-14(16)17(4,5)6/h8-9,12,15,18H,7,10H2,1-6H3. The lowest BCUT2D eigenvalue weighted by Crippen LogP contribution is -2.35. The summed E-state index contributed by atoms with van der Waals surface area (Å²) in [6, 6.07) is 4.97. The molecule has 1 aliphatic heterocycles. The maximum absolute atomic E-state index is 6.08. The largest absolute Gasteiger partial charge is 0.493 e. The fraction of sp³-hybridized carbons (Fsp3) is 0.647. The molecule has 2 unspecified atom stereocenters. The van der Waals surface area contributed by atoms with E-state index >= 15 is 0 Å². The minimum absolute atomic E-state index is 0.118. The second kappa shape index (κ2) is 5.16. The third kappa shape index (κ3) is 2.79. The topological polar surface area (TPSA) is 21.3 Å². The molecule has 0 saturated heterocycles. The van der Waals surface area contributed by atoms with Gasteiger partial charge in [-0.05, 0) is 18.9 Å². The van der Waals surface area contributed by atoms with Crippen molar-refractivity contribution in [2.24, 2.45) is 5.92 Å². The highest BCUT2D eigenvalue weighted by Crippen LogP contribution is 2.42. The molecule has 0 aromatic heterocycles. The average molecular weight is 261 g/mol. The Morgan fingerprint density at radius 3 is 2.58 bits per heavy atom. The molecule has 0 spiro atoms. The van der Waals surface area contributed by atoms with Gasteiger partial charge in [-0.15, -0.1) is 0 Å². The molecule has 1 aromatic carbocycles. The maximum Gasteiger partial charge on any atom is 0.127 e. The van der Waals surface area contributed by atoms with Gasteiger partial charge in [0.15, 0.2) is 0 Å². The fourth-order valence-corrected chi connectivity index (χ4v) is 2.90. The molecule has 2 nitrogen and oxygen atoms in total. The zero-order chi connectivity index (χ0) is 14.2. The SMILES string of the molecule is CCNC1c2cc(C)cc(C(C)(C)C)c2OCC1C. The highest BCUT2D eigenvalue weighted by atomic mass is 16.5. The van der Waals surface area contributed by atoms with Crippen LogP contribution in [0.4, 0.5) is 0 Å². The van der Waals surface area contributed by atoms with Crippen molar-refractivity contribution in [1.82, 2.24) is 5.32 Å². The molecule has 1 aromatic rings. The Balaban J connectivity index is 2.56. The summed E-state index contributed by atoms with van der Waals surface area (Å²) in [6.45, 7) is 15.2. The molecule has 0 aliphatic carbocycles. The van der Waals surface area contributed by atoms with E-state index in [2.05, 4.69) is 59.0 Å². The number of ether oxygens (including phenoxy) is 1. The molecule has 2 rings (SSSR count). The van der Waals surface area contributed by atoms with Crippen molar-refractivity contribution in [3.05, 3.63) is 28.8 Å². The summed E-state index contributed by atoms with van der Waals surface area (Å²) in [5.41, 5.74) is 4.11. The summed E-state index contributed by atoms with van der Waals surface area (Å²) in [7, 11) is 0. The third-order valence-corrected chi connectivity index (χ3v) is 3.89. The van der Waals surface area contributed by atoms with E-state index in [1.807, 2.05) is 0 Å². The highest BCUT2D eigenvalue weighted by molar-refractivity contribution is 5.50. The van der Waals surface area contributed by atoms with Crippen LogP contribution < -0.4 is 10.1 Å². The molecule has 2 atom stereocenters. The zero-order valence-electron chi connectivity index (χ0n) is 13.1. The lowest BCUT2D eigenvalue weighted by molar-refractivity contribution is 0.186. The molecular weight excluding hydrogens is 234 g/mol. The lowest BCUT2D eigenvalue weighted by Gasteiger charge is -2.36. The number of hydrogen-bond donors (Lipinski definition) is 1. The van der Waals surface area contributed by atoms with Crippen molar-refractivity contribution in [2.45, 2.75) is 53.0 Å². The van der Waals surface area contributed by atoms with E-state index in [0.29, 0.717) is 12.0 Å². The zero-order valence-corrected chi connectivity index (χ0v) is 13.1. The van der Waals surface area contributed by atoms with Gasteiger partial charge >= 0.3 is 0 Å². The van der Waals surface area contributed by atoms with Gasteiger partial charge in [0.05, 0.1) is 6.61 Å². The Morgan fingerprint density at radius 1 is 1.32 bits per heavy atom. The predicted octanol–water partition coefficient (Wildman–Crippen LogP) is 3.97. The molecular formula is C17H27NO. The lowest BCUT2D eigenvalue weighted by atomic mass is 9.80. The normalized spacial score (nSPS) is 22.8. The molecule has 0 bridgehead atoms. The van der Waals surface area contributed by atoms with Crippen LogP contribution in [0, 0.1) is 12.8 Å². The Labute approximate surface area is 117 Å². The summed E-state index contributed by atoms with van der Waals surface area (Å²) < 4.78 is 6.08. The molecule has 0 radical (unpaired) electrons. The van der Waals surface area contributed by atoms with Crippen LogP contribution in [0.25, 0.3) is 0 Å². The molecule has 1 heterocycles. The van der Waals surface area contributed by atoms with Gasteiger partial charge < -0.3 is 10.1 Å². The van der Waals surface area contributed by atoms with Crippen LogP contribution in [0.1, 0.15) is 57.4 Å². The predicted molar refractivity (Wildman–Crippen MR) is 81.0 cm³/mol. The molecule has 0 saturated carbocycles. The van der Waals surface area contributed by atoms with Gasteiger partial charge in [-0.2, -0.15) is 0 Å². The van der Waals surface area contributed by atoms with Crippen molar-refractivity contribution in [3.63, 3.8) is 0 Å². The first-order valence-corrected chi connectivity index (χ1v) is 7.35. The quantitative estimate of drug-likeness (QED) is 0.869. The third-order valence-electron chi connectivity index (χ3n) is 3.89. The van der Waals surface area contributed by atoms with Crippen LogP contribution >= 0.6 is 0 Å². The van der Waals surface area contributed by atoms with Crippen LogP contribution in [0.5, 0.6) is 5.75 Å². The second-order valence-corrected chi connectivity index (χ2v) is 6.80. The molecule has 1 aliphatic rings. The van der Waals surface area contributed by atoms with E-state index in [1.54, 1.807) is 0 Å². The van der Waals surface area contributed by atoms with Crippen molar-refractivity contribution in [1.29, 1.82) is 0 Å². The average Bonchev–Trinajstić information content (AvgIpc) is 2.31. The van der Waals surface area contributed by atoms with Gasteiger partial charge in [0, 0.05) is 23.1 Å². The monoisotopic (exact) mass is 261 g/mol. The van der Waals surface area contributed by atoms with E-state index < -0.39 is 0 Å². The summed E-state index contributed by atoms with van der Waals surface area (Å²) in [6.07, 6.45) is 0. The Hall–Kier alpha value is -1.02. The van der Waals surface area contributed by atoms with Gasteiger partial charge in [0.2, 0.25) is 0 Å². The number of fused-ring (bicyclic) bond motifs is 1. The number of rotatable bonds is 2. The molecule has 19 heavy (non-hydrogen) atoms. The number of aryl methyl sites for hydroxylation is 1. The van der Waals surface area contributed by atoms with E-state index in [1.165, 1.54) is 16.7 Å². The van der Waals surface area contributed by atoms with Crippen molar-refractivity contribution < 1.29 is 4.74 Å². The molecule has 2 heteroatoms. The minimum Gasteiger partial charge on any atom is -0.493 e. The maximum atomic E-state index is 6.08. The van der Waals surface area contributed by atoms with Crippen molar-refractivity contribution in [2.75, 3.05) is 13.2 Å². The summed E-state index contributed by atoms with van der Waals surface area (Å²) in [5, 5.41) is 3.62. The van der Waals surface area contributed by atoms with Gasteiger partial charge in [-0.1, -0.05) is 52.3 Å². The highest BCUT2D eigenvalue weighted by Gasteiger charge is 2.32. The first-order valence-electron chi connectivity index (χ1n) is 7.35. The van der Waals surface area contributed by atoms with Crippen molar-refractivity contribution >= 4 is 0 Å².